The fraction of sp³-hybridized carbons (Fsp3) is 0.312. The van der Waals surface area contributed by atoms with Crippen molar-refractivity contribution in [2.45, 2.75) is 13.5 Å². The van der Waals surface area contributed by atoms with Crippen molar-refractivity contribution in [1.82, 2.24) is 10.3 Å². The second-order valence-electron chi connectivity index (χ2n) is 5.08. The molecule has 0 saturated heterocycles. The van der Waals surface area contributed by atoms with Gasteiger partial charge in [0, 0.05) is 17.5 Å². The van der Waals surface area contributed by atoms with Crippen molar-refractivity contribution in [3.8, 4) is 11.5 Å². The van der Waals surface area contributed by atoms with E-state index in [2.05, 4.69) is 10.3 Å². The van der Waals surface area contributed by atoms with Crippen molar-refractivity contribution in [3.05, 3.63) is 40.3 Å². The number of amides is 1. The molecule has 2 rings (SSSR count). The lowest BCUT2D eigenvalue weighted by Gasteiger charge is -2.12. The average molecular weight is 350 g/mol. The first kappa shape index (κ1) is 17.7. The van der Waals surface area contributed by atoms with Gasteiger partial charge in [-0.15, -0.1) is 11.3 Å². The quantitative estimate of drug-likeness (QED) is 0.757. The number of aromatic nitrogens is 1. The second-order valence-corrected chi connectivity index (χ2v) is 5.80. The summed E-state index contributed by atoms with van der Waals surface area (Å²) >= 11 is 1.48. The summed E-state index contributed by atoms with van der Waals surface area (Å²) in [6.45, 7) is 1.89. The summed E-state index contributed by atoms with van der Waals surface area (Å²) in [4.78, 5) is 27.0. The fourth-order valence-electron chi connectivity index (χ4n) is 1.82. The molecule has 0 spiro atoms. The Morgan fingerprint density at radius 1 is 1.38 bits per heavy atom. The third kappa shape index (κ3) is 4.69. The first-order valence-electron chi connectivity index (χ1n) is 7.20. The van der Waals surface area contributed by atoms with Gasteiger partial charge < -0.3 is 19.9 Å². The molecule has 0 aliphatic rings. The number of carboxylic acid groups (broad SMARTS) is 1. The second kappa shape index (κ2) is 8.30. The van der Waals surface area contributed by atoms with Gasteiger partial charge in [0.15, 0.2) is 11.5 Å². The molecule has 24 heavy (non-hydrogen) atoms. The Balaban J connectivity index is 2.01. The smallest absolute Gasteiger partial charge is 0.308 e. The Labute approximate surface area is 143 Å². The fourth-order valence-corrected chi connectivity index (χ4v) is 2.37. The molecule has 2 aromatic rings. The average Bonchev–Trinajstić information content (AvgIpc) is 3.10. The van der Waals surface area contributed by atoms with Gasteiger partial charge in [0.2, 0.25) is 0 Å². The van der Waals surface area contributed by atoms with Crippen molar-refractivity contribution in [3.63, 3.8) is 0 Å². The minimum Gasteiger partial charge on any atom is -0.493 e. The number of ether oxygens (including phenoxy) is 2. The van der Waals surface area contributed by atoms with Gasteiger partial charge in [0.1, 0.15) is 6.61 Å². The molecule has 0 fully saturated rings. The van der Waals surface area contributed by atoms with Crippen LogP contribution in [0.4, 0.5) is 0 Å². The Morgan fingerprint density at radius 3 is 2.79 bits per heavy atom. The molecule has 0 bridgehead atoms. The van der Waals surface area contributed by atoms with Gasteiger partial charge in [-0.3, -0.25) is 9.59 Å². The highest BCUT2D eigenvalue weighted by atomic mass is 32.1. The van der Waals surface area contributed by atoms with Crippen LogP contribution in [0.15, 0.2) is 29.1 Å². The Bertz CT molecular complexity index is 702. The number of methoxy groups -OCH3 is 1. The summed E-state index contributed by atoms with van der Waals surface area (Å²) in [7, 11) is 1.49. The maximum Gasteiger partial charge on any atom is 0.308 e. The van der Waals surface area contributed by atoms with Gasteiger partial charge in [-0.25, -0.2) is 4.98 Å². The lowest BCUT2D eigenvalue weighted by molar-refractivity contribution is -0.140. The molecular formula is C16H18N2O5S. The summed E-state index contributed by atoms with van der Waals surface area (Å²) in [6.07, 6.45) is 0. The van der Waals surface area contributed by atoms with Crippen LogP contribution in [0.5, 0.6) is 11.5 Å². The van der Waals surface area contributed by atoms with Gasteiger partial charge in [0.25, 0.3) is 5.91 Å². The summed E-state index contributed by atoms with van der Waals surface area (Å²) in [6, 6.07) is 4.79. The lowest BCUT2D eigenvalue weighted by Crippen LogP contribution is -2.31. The SMILES string of the molecule is COc1cc(C(=O)NCC(C)C(=O)O)ccc1OCc1cscn1. The van der Waals surface area contributed by atoms with Crippen LogP contribution in [-0.2, 0) is 11.4 Å². The van der Waals surface area contributed by atoms with Gasteiger partial charge >= 0.3 is 5.97 Å². The van der Waals surface area contributed by atoms with Crippen LogP contribution < -0.4 is 14.8 Å². The standard InChI is InChI=1S/C16H18N2O5S/c1-10(16(20)21)6-17-15(19)11-3-4-13(14(5-11)22-2)23-7-12-8-24-9-18-12/h3-5,8-10H,6-7H2,1-2H3,(H,17,19)(H,20,21). The van der Waals surface area contributed by atoms with E-state index in [4.69, 9.17) is 14.6 Å². The zero-order valence-corrected chi connectivity index (χ0v) is 14.1. The number of aliphatic carboxylic acids is 1. The van der Waals surface area contributed by atoms with Crippen LogP contribution in [0.25, 0.3) is 0 Å². The van der Waals surface area contributed by atoms with E-state index in [1.54, 1.807) is 23.7 Å². The molecule has 0 aliphatic carbocycles. The molecular weight excluding hydrogens is 332 g/mol. The summed E-state index contributed by atoms with van der Waals surface area (Å²) < 4.78 is 10.9. The Kier molecular flexibility index (Phi) is 6.14. The molecule has 0 aliphatic heterocycles. The molecule has 2 N–H and O–H groups in total. The van der Waals surface area contributed by atoms with Gasteiger partial charge in [0.05, 0.1) is 24.2 Å². The summed E-state index contributed by atoms with van der Waals surface area (Å²) in [5, 5.41) is 13.3. The molecule has 128 valence electrons. The minimum absolute atomic E-state index is 0.0541. The largest absolute Gasteiger partial charge is 0.493 e. The molecule has 1 aromatic carbocycles. The monoisotopic (exact) mass is 350 g/mol. The molecule has 0 saturated carbocycles. The minimum atomic E-state index is -0.960. The number of thiazole rings is 1. The van der Waals surface area contributed by atoms with E-state index in [0.29, 0.717) is 23.7 Å². The zero-order valence-electron chi connectivity index (χ0n) is 13.3. The van der Waals surface area contributed by atoms with Crippen molar-refractivity contribution < 1.29 is 24.2 Å². The van der Waals surface area contributed by atoms with Crippen LogP contribution in [0.3, 0.4) is 0 Å². The molecule has 0 radical (unpaired) electrons. The first-order chi connectivity index (χ1) is 11.5. The van der Waals surface area contributed by atoms with Crippen LogP contribution in [0.2, 0.25) is 0 Å². The number of carboxylic acids is 1. The maximum absolute atomic E-state index is 12.1. The van der Waals surface area contributed by atoms with Gasteiger partial charge in [-0.2, -0.15) is 0 Å². The molecule has 1 aromatic heterocycles. The normalized spacial score (nSPS) is 11.6. The number of rotatable bonds is 8. The molecule has 8 heteroatoms. The van der Waals surface area contributed by atoms with Crippen LogP contribution in [0.1, 0.15) is 23.0 Å². The maximum atomic E-state index is 12.1. The highest BCUT2D eigenvalue weighted by Gasteiger charge is 2.15. The van der Waals surface area contributed by atoms with E-state index in [0.717, 1.165) is 5.69 Å². The first-order valence-corrected chi connectivity index (χ1v) is 8.14. The number of benzene rings is 1. The number of hydrogen-bond acceptors (Lipinski definition) is 6. The van der Waals surface area contributed by atoms with Crippen molar-refractivity contribution >= 4 is 23.2 Å². The van der Waals surface area contributed by atoms with E-state index in [-0.39, 0.29) is 12.5 Å². The van der Waals surface area contributed by atoms with Gasteiger partial charge in [-0.1, -0.05) is 6.92 Å². The van der Waals surface area contributed by atoms with E-state index < -0.39 is 11.9 Å². The molecule has 1 amide bonds. The Hall–Kier alpha value is -2.61. The topological polar surface area (TPSA) is 97.8 Å². The predicted molar refractivity (Wildman–Crippen MR) is 88.6 cm³/mol. The van der Waals surface area contributed by atoms with Crippen molar-refractivity contribution in [1.29, 1.82) is 0 Å². The number of nitrogens with zero attached hydrogens (tertiary/aromatic N) is 1. The van der Waals surface area contributed by atoms with Crippen molar-refractivity contribution in [2.24, 2.45) is 5.92 Å². The van der Waals surface area contributed by atoms with Crippen LogP contribution in [-0.4, -0.2) is 35.6 Å². The number of hydrogen-bond donors (Lipinski definition) is 2. The highest BCUT2D eigenvalue weighted by Crippen LogP contribution is 2.28. The summed E-state index contributed by atoms with van der Waals surface area (Å²) in [5.74, 6) is -1.06. The third-order valence-electron chi connectivity index (χ3n) is 3.28. The van der Waals surface area contributed by atoms with E-state index in [9.17, 15) is 9.59 Å². The van der Waals surface area contributed by atoms with Gasteiger partial charge in [-0.05, 0) is 18.2 Å². The van der Waals surface area contributed by atoms with E-state index >= 15 is 0 Å². The molecule has 7 nitrogen and oxygen atoms in total. The van der Waals surface area contributed by atoms with Crippen LogP contribution in [0, 0.1) is 5.92 Å². The van der Waals surface area contributed by atoms with Crippen molar-refractivity contribution in [2.75, 3.05) is 13.7 Å². The zero-order chi connectivity index (χ0) is 17.5. The van der Waals surface area contributed by atoms with E-state index in [1.807, 2.05) is 5.38 Å². The third-order valence-corrected chi connectivity index (χ3v) is 3.91. The predicted octanol–water partition coefficient (Wildman–Crippen LogP) is 2.18. The van der Waals surface area contributed by atoms with Crippen LogP contribution >= 0.6 is 11.3 Å². The number of carbonyl (C=O) groups excluding carboxylic acids is 1. The van der Waals surface area contributed by atoms with E-state index in [1.165, 1.54) is 25.4 Å². The molecule has 1 atom stereocenters. The molecule has 1 heterocycles. The highest BCUT2D eigenvalue weighted by molar-refractivity contribution is 7.07. The Morgan fingerprint density at radius 2 is 2.17 bits per heavy atom. The molecule has 1 unspecified atom stereocenters. The lowest BCUT2D eigenvalue weighted by atomic mass is 10.1. The summed E-state index contributed by atoms with van der Waals surface area (Å²) in [5.41, 5.74) is 2.90. The number of nitrogens with one attached hydrogen (secondary N) is 1. The number of carbonyl (C=O) groups is 2.